The molecule has 34 heavy (non-hydrogen) atoms. The first-order valence-corrected chi connectivity index (χ1v) is 11.6. The Labute approximate surface area is 207 Å². The van der Waals surface area contributed by atoms with Gasteiger partial charge in [0.05, 0.1) is 34.0 Å². The summed E-state index contributed by atoms with van der Waals surface area (Å²) < 4.78 is 27.2. The highest BCUT2D eigenvalue weighted by atomic mass is 35.5. The number of aliphatic hydroxyl groups is 1. The fraction of sp³-hybridized carbons (Fsp3) is 0.269. The Morgan fingerprint density at radius 1 is 1.03 bits per heavy atom. The third-order valence-electron chi connectivity index (χ3n) is 6.18. The van der Waals surface area contributed by atoms with E-state index in [0.717, 1.165) is 23.4 Å². The van der Waals surface area contributed by atoms with E-state index < -0.39 is 17.2 Å². The van der Waals surface area contributed by atoms with Gasteiger partial charge in [-0.15, -0.1) is 0 Å². The average molecular weight is 502 g/mol. The highest BCUT2D eigenvalue weighted by Crippen LogP contribution is 2.37. The number of anilines is 1. The van der Waals surface area contributed by atoms with Crippen molar-refractivity contribution in [3.8, 4) is 6.07 Å². The van der Waals surface area contributed by atoms with E-state index in [4.69, 9.17) is 23.2 Å². The zero-order valence-corrected chi connectivity index (χ0v) is 20.0. The van der Waals surface area contributed by atoms with Crippen molar-refractivity contribution in [1.82, 2.24) is 4.90 Å². The van der Waals surface area contributed by atoms with Crippen LogP contribution in [-0.2, 0) is 5.60 Å². The van der Waals surface area contributed by atoms with Crippen LogP contribution in [0.4, 0.5) is 14.5 Å². The van der Waals surface area contributed by atoms with Crippen LogP contribution in [0.3, 0.4) is 0 Å². The predicted octanol–water partition coefficient (Wildman–Crippen LogP) is 5.91. The number of benzene rings is 3. The molecule has 1 fully saturated rings. The van der Waals surface area contributed by atoms with E-state index in [9.17, 15) is 19.1 Å². The monoisotopic (exact) mass is 501 g/mol. The summed E-state index contributed by atoms with van der Waals surface area (Å²) in [6, 6.07) is 18.2. The summed E-state index contributed by atoms with van der Waals surface area (Å²) >= 11 is 12.6. The molecule has 1 aliphatic heterocycles. The van der Waals surface area contributed by atoms with E-state index >= 15 is 0 Å². The molecule has 0 radical (unpaired) electrons. The normalized spacial score (nSPS) is 18.4. The molecule has 4 nitrogen and oxygen atoms in total. The smallest absolute Gasteiger partial charge is 0.159 e. The number of rotatable bonds is 5. The summed E-state index contributed by atoms with van der Waals surface area (Å²) in [5, 5.41) is 21.4. The molecule has 3 aromatic rings. The minimum absolute atomic E-state index is 0.114. The molecule has 3 aromatic carbocycles. The van der Waals surface area contributed by atoms with Crippen LogP contribution in [0, 0.1) is 23.0 Å². The zero-order chi connectivity index (χ0) is 24.5. The van der Waals surface area contributed by atoms with Crippen molar-refractivity contribution in [2.45, 2.75) is 18.6 Å². The molecule has 0 aliphatic carbocycles. The van der Waals surface area contributed by atoms with Crippen LogP contribution >= 0.6 is 23.2 Å². The van der Waals surface area contributed by atoms with Gasteiger partial charge in [0, 0.05) is 31.2 Å². The number of hydrogen-bond donors (Lipinski definition) is 1. The summed E-state index contributed by atoms with van der Waals surface area (Å²) in [4.78, 5) is 4.27. The lowest BCUT2D eigenvalue weighted by atomic mass is 9.93. The number of nitriles is 1. The molecule has 0 unspecified atom stereocenters. The van der Waals surface area contributed by atoms with Crippen LogP contribution in [0.2, 0.25) is 10.0 Å². The molecule has 1 saturated heterocycles. The van der Waals surface area contributed by atoms with Gasteiger partial charge in [-0.2, -0.15) is 5.26 Å². The Balaban J connectivity index is 1.62. The summed E-state index contributed by atoms with van der Waals surface area (Å²) in [6.45, 7) is 3.60. The third-order valence-corrected chi connectivity index (χ3v) is 6.73. The molecule has 1 heterocycles. The average Bonchev–Trinajstić information content (AvgIpc) is 2.81. The first-order valence-electron chi connectivity index (χ1n) is 10.8. The molecule has 8 heteroatoms. The van der Waals surface area contributed by atoms with Crippen molar-refractivity contribution in [2.75, 3.05) is 31.1 Å². The number of halogens is 4. The molecule has 2 atom stereocenters. The standard InChI is InChI=1S/C26H23Cl2F2N3O/c1-26(34,19-5-8-22(29)23(30)13-19)16-32-10-11-33(24-9-2-17(14-31)12-21(24)28)25(15-32)18-3-6-20(27)7-4-18/h2-9,12-13,25,34H,10-11,15-16H2,1H3/t25-,26+/m0/s1. The van der Waals surface area contributed by atoms with Crippen LogP contribution in [0.15, 0.2) is 60.7 Å². The quantitative estimate of drug-likeness (QED) is 0.471. The third kappa shape index (κ3) is 5.18. The first kappa shape index (κ1) is 24.4. The fourth-order valence-electron chi connectivity index (χ4n) is 4.41. The summed E-state index contributed by atoms with van der Waals surface area (Å²) in [7, 11) is 0. The van der Waals surface area contributed by atoms with Crippen LogP contribution in [0.5, 0.6) is 0 Å². The Morgan fingerprint density at radius 3 is 2.41 bits per heavy atom. The van der Waals surface area contributed by atoms with Crippen LogP contribution < -0.4 is 4.90 Å². The summed E-state index contributed by atoms with van der Waals surface area (Å²) in [5.74, 6) is -1.94. The van der Waals surface area contributed by atoms with Gasteiger partial charge in [-0.1, -0.05) is 41.4 Å². The van der Waals surface area contributed by atoms with Gasteiger partial charge in [0.1, 0.15) is 0 Å². The molecule has 0 spiro atoms. The Kier molecular flexibility index (Phi) is 7.11. The lowest BCUT2D eigenvalue weighted by molar-refractivity contribution is 0.00998. The van der Waals surface area contributed by atoms with Gasteiger partial charge in [0.2, 0.25) is 0 Å². The van der Waals surface area contributed by atoms with Crippen molar-refractivity contribution in [3.05, 3.63) is 99.0 Å². The van der Waals surface area contributed by atoms with E-state index in [1.54, 1.807) is 19.1 Å². The predicted molar refractivity (Wildman–Crippen MR) is 130 cm³/mol. The molecule has 0 bridgehead atoms. The SMILES string of the molecule is C[C@@](O)(CN1CCN(c2ccc(C#N)cc2Cl)[C@H](c2ccc(Cl)cc2)C1)c1ccc(F)c(F)c1. The van der Waals surface area contributed by atoms with E-state index in [2.05, 4.69) is 15.9 Å². The Bertz CT molecular complexity index is 1230. The van der Waals surface area contributed by atoms with E-state index in [0.29, 0.717) is 40.8 Å². The van der Waals surface area contributed by atoms with E-state index in [1.165, 1.54) is 6.07 Å². The van der Waals surface area contributed by atoms with Gasteiger partial charge in [-0.05, 0) is 60.5 Å². The van der Waals surface area contributed by atoms with Crippen molar-refractivity contribution >= 4 is 28.9 Å². The van der Waals surface area contributed by atoms with E-state index in [-0.39, 0.29) is 12.6 Å². The molecular weight excluding hydrogens is 479 g/mol. The molecule has 1 aliphatic rings. The van der Waals surface area contributed by atoms with Crippen LogP contribution in [0.1, 0.15) is 29.7 Å². The first-order chi connectivity index (χ1) is 16.2. The maximum absolute atomic E-state index is 13.8. The summed E-state index contributed by atoms with van der Waals surface area (Å²) in [5.41, 5.74) is 1.24. The van der Waals surface area contributed by atoms with Gasteiger partial charge in [-0.3, -0.25) is 4.90 Å². The number of hydrogen-bond acceptors (Lipinski definition) is 4. The van der Waals surface area contributed by atoms with Gasteiger partial charge >= 0.3 is 0 Å². The molecule has 0 aromatic heterocycles. The highest BCUT2D eigenvalue weighted by Gasteiger charge is 2.34. The van der Waals surface area contributed by atoms with E-state index in [1.807, 2.05) is 30.3 Å². The lowest BCUT2D eigenvalue weighted by Gasteiger charge is -2.45. The van der Waals surface area contributed by atoms with Gasteiger partial charge in [-0.25, -0.2) is 8.78 Å². The van der Waals surface area contributed by atoms with Crippen LogP contribution in [0.25, 0.3) is 0 Å². The molecule has 0 amide bonds. The molecule has 176 valence electrons. The second-order valence-corrected chi connectivity index (χ2v) is 9.52. The zero-order valence-electron chi connectivity index (χ0n) is 18.5. The number of β-amino-alcohol motifs (C(OH)–C–C–N with tert-alkyl or cyclic N) is 1. The molecule has 4 rings (SSSR count). The van der Waals surface area contributed by atoms with Gasteiger partial charge in [0.15, 0.2) is 11.6 Å². The second-order valence-electron chi connectivity index (χ2n) is 8.68. The molecular formula is C26H23Cl2F2N3O. The molecule has 1 N–H and O–H groups in total. The maximum atomic E-state index is 13.8. The topological polar surface area (TPSA) is 50.5 Å². The minimum Gasteiger partial charge on any atom is -0.384 e. The number of piperazine rings is 1. The lowest BCUT2D eigenvalue weighted by Crippen LogP contribution is -2.52. The van der Waals surface area contributed by atoms with Crippen molar-refractivity contribution in [1.29, 1.82) is 5.26 Å². The highest BCUT2D eigenvalue weighted by molar-refractivity contribution is 6.33. The van der Waals surface area contributed by atoms with Crippen LogP contribution in [-0.4, -0.2) is 36.2 Å². The van der Waals surface area contributed by atoms with Gasteiger partial charge < -0.3 is 10.0 Å². The Morgan fingerprint density at radius 2 is 1.76 bits per heavy atom. The minimum atomic E-state index is -1.38. The van der Waals surface area contributed by atoms with Crippen molar-refractivity contribution in [2.24, 2.45) is 0 Å². The Hall–Kier alpha value is -2.69. The summed E-state index contributed by atoms with van der Waals surface area (Å²) in [6.07, 6.45) is 0. The van der Waals surface area contributed by atoms with Gasteiger partial charge in [0.25, 0.3) is 0 Å². The van der Waals surface area contributed by atoms with Crippen molar-refractivity contribution < 1.29 is 13.9 Å². The maximum Gasteiger partial charge on any atom is 0.159 e. The largest absolute Gasteiger partial charge is 0.384 e. The molecule has 0 saturated carbocycles. The second kappa shape index (κ2) is 9.89. The fourth-order valence-corrected chi connectivity index (χ4v) is 4.82. The number of nitrogens with zero attached hydrogens (tertiary/aromatic N) is 3. The van der Waals surface area contributed by atoms with Crippen molar-refractivity contribution in [3.63, 3.8) is 0 Å².